The summed E-state index contributed by atoms with van der Waals surface area (Å²) >= 11 is 0. The summed E-state index contributed by atoms with van der Waals surface area (Å²) in [6.07, 6.45) is -0.533. The van der Waals surface area contributed by atoms with Crippen LogP contribution in [0.4, 0.5) is 4.79 Å². The van der Waals surface area contributed by atoms with E-state index in [0.29, 0.717) is 17.2 Å². The predicted octanol–water partition coefficient (Wildman–Crippen LogP) is 2.59. The molecule has 0 aliphatic rings. The van der Waals surface area contributed by atoms with Gasteiger partial charge in [-0.05, 0) is 32.9 Å². The van der Waals surface area contributed by atoms with Crippen LogP contribution in [0.25, 0.3) is 0 Å². The molecule has 1 amide bonds. The Morgan fingerprint density at radius 1 is 1.11 bits per heavy atom. The Bertz CT molecular complexity index is 423. The van der Waals surface area contributed by atoms with E-state index in [1.165, 1.54) is 7.11 Å². The number of carbonyl (C=O) groups excluding carboxylic acids is 1. The van der Waals surface area contributed by atoms with Crippen molar-refractivity contribution >= 4 is 6.09 Å². The molecule has 0 spiro atoms. The molecule has 0 bridgehead atoms. The minimum atomic E-state index is -0.533. The number of carbonyl (C=O) groups is 1. The molecule has 1 N–H and O–H groups in total. The van der Waals surface area contributed by atoms with Crippen LogP contribution in [0.5, 0.6) is 17.2 Å². The number of methoxy groups -OCH3 is 2. The first-order valence-electron chi connectivity index (χ1n) is 5.58. The van der Waals surface area contributed by atoms with Gasteiger partial charge in [0.1, 0.15) is 5.75 Å². The second-order valence-corrected chi connectivity index (χ2v) is 4.78. The fraction of sp³-hybridized carbons (Fsp3) is 0.462. The topological polar surface area (TPSA) is 56.8 Å². The van der Waals surface area contributed by atoms with Crippen LogP contribution in [0.1, 0.15) is 20.8 Å². The van der Waals surface area contributed by atoms with E-state index in [1.807, 2.05) is 20.8 Å². The number of hydrogen-bond donors (Lipinski definition) is 1. The zero-order chi connectivity index (χ0) is 13.8. The summed E-state index contributed by atoms with van der Waals surface area (Å²) < 4.78 is 15.4. The molecule has 0 heterocycles. The highest BCUT2D eigenvalue weighted by molar-refractivity contribution is 5.72. The van der Waals surface area contributed by atoms with E-state index in [0.717, 1.165) is 0 Å². The van der Waals surface area contributed by atoms with Crippen LogP contribution in [-0.2, 0) is 0 Å². The van der Waals surface area contributed by atoms with Gasteiger partial charge >= 0.3 is 6.09 Å². The average molecular weight is 253 g/mol. The number of nitrogens with one attached hydrogen (secondary N) is 1. The van der Waals surface area contributed by atoms with E-state index >= 15 is 0 Å². The highest BCUT2D eigenvalue weighted by Gasteiger charge is 2.17. The van der Waals surface area contributed by atoms with Crippen molar-refractivity contribution in [3.8, 4) is 17.2 Å². The zero-order valence-electron chi connectivity index (χ0n) is 11.4. The molecule has 18 heavy (non-hydrogen) atoms. The summed E-state index contributed by atoms with van der Waals surface area (Å²) in [6.45, 7) is 5.62. The van der Waals surface area contributed by atoms with Gasteiger partial charge in [0, 0.05) is 11.6 Å². The number of hydrogen-bond acceptors (Lipinski definition) is 4. The molecule has 1 rings (SSSR count). The van der Waals surface area contributed by atoms with Gasteiger partial charge in [-0.25, -0.2) is 4.79 Å². The molecule has 0 saturated heterocycles. The molecular formula is C13H19NO4. The van der Waals surface area contributed by atoms with Gasteiger partial charge in [-0.1, -0.05) is 0 Å². The first-order valence-corrected chi connectivity index (χ1v) is 5.58. The van der Waals surface area contributed by atoms with Crippen LogP contribution < -0.4 is 19.5 Å². The first-order chi connectivity index (χ1) is 8.35. The van der Waals surface area contributed by atoms with E-state index in [4.69, 9.17) is 14.2 Å². The summed E-state index contributed by atoms with van der Waals surface area (Å²) in [6, 6.07) is 5.01. The number of rotatable bonds is 3. The van der Waals surface area contributed by atoms with Gasteiger partial charge in [0.05, 0.1) is 14.2 Å². The van der Waals surface area contributed by atoms with Crippen molar-refractivity contribution in [2.45, 2.75) is 26.3 Å². The van der Waals surface area contributed by atoms with E-state index in [-0.39, 0.29) is 5.54 Å². The second kappa shape index (κ2) is 5.62. The number of benzene rings is 1. The quantitative estimate of drug-likeness (QED) is 0.899. The second-order valence-electron chi connectivity index (χ2n) is 4.78. The lowest BCUT2D eigenvalue weighted by Crippen LogP contribution is -2.42. The Morgan fingerprint density at radius 2 is 1.78 bits per heavy atom. The monoisotopic (exact) mass is 253 g/mol. The van der Waals surface area contributed by atoms with Crippen molar-refractivity contribution in [3.63, 3.8) is 0 Å². The third-order valence-corrected chi connectivity index (χ3v) is 2.05. The summed E-state index contributed by atoms with van der Waals surface area (Å²) in [5.41, 5.74) is -0.358. The van der Waals surface area contributed by atoms with Crippen molar-refractivity contribution in [2.75, 3.05) is 14.2 Å². The van der Waals surface area contributed by atoms with Crippen LogP contribution >= 0.6 is 0 Å². The molecule has 5 heteroatoms. The predicted molar refractivity (Wildman–Crippen MR) is 68.5 cm³/mol. The van der Waals surface area contributed by atoms with Crippen molar-refractivity contribution in [2.24, 2.45) is 0 Å². The van der Waals surface area contributed by atoms with Gasteiger partial charge in [0.25, 0.3) is 0 Å². The Balaban J connectivity index is 2.85. The molecule has 100 valence electrons. The maximum atomic E-state index is 11.7. The minimum Gasteiger partial charge on any atom is -0.497 e. The lowest BCUT2D eigenvalue weighted by Gasteiger charge is -2.20. The van der Waals surface area contributed by atoms with Crippen LogP contribution in [0.15, 0.2) is 18.2 Å². The third kappa shape index (κ3) is 4.16. The van der Waals surface area contributed by atoms with Crippen molar-refractivity contribution in [1.29, 1.82) is 0 Å². The summed E-state index contributed by atoms with van der Waals surface area (Å²) in [5.74, 6) is 1.38. The molecule has 0 aliphatic heterocycles. The molecule has 5 nitrogen and oxygen atoms in total. The molecule has 0 fully saturated rings. The molecule has 0 saturated carbocycles. The molecule has 1 aromatic carbocycles. The van der Waals surface area contributed by atoms with E-state index in [9.17, 15) is 4.79 Å². The van der Waals surface area contributed by atoms with Crippen LogP contribution in [0.3, 0.4) is 0 Å². The lowest BCUT2D eigenvalue weighted by atomic mass is 10.1. The van der Waals surface area contributed by atoms with Gasteiger partial charge in [0.2, 0.25) is 0 Å². The largest absolute Gasteiger partial charge is 0.497 e. The molecule has 0 radical (unpaired) electrons. The van der Waals surface area contributed by atoms with Crippen molar-refractivity contribution in [3.05, 3.63) is 18.2 Å². The fourth-order valence-corrected chi connectivity index (χ4v) is 1.30. The SMILES string of the molecule is COc1ccc(OC)c(OC(=O)NC(C)(C)C)c1. The van der Waals surface area contributed by atoms with Crippen LogP contribution in [0, 0.1) is 0 Å². The Labute approximate surface area is 107 Å². The van der Waals surface area contributed by atoms with Gasteiger partial charge in [-0.2, -0.15) is 0 Å². The molecule has 0 atom stereocenters. The lowest BCUT2D eigenvalue weighted by molar-refractivity contribution is 0.188. The molecular weight excluding hydrogens is 234 g/mol. The van der Waals surface area contributed by atoms with Crippen LogP contribution in [-0.4, -0.2) is 25.9 Å². The Hall–Kier alpha value is -1.91. The Morgan fingerprint density at radius 3 is 2.28 bits per heavy atom. The van der Waals surface area contributed by atoms with Crippen molar-refractivity contribution < 1.29 is 19.0 Å². The highest BCUT2D eigenvalue weighted by atomic mass is 16.6. The van der Waals surface area contributed by atoms with Crippen molar-refractivity contribution in [1.82, 2.24) is 5.32 Å². The summed E-state index contributed by atoms with van der Waals surface area (Å²) in [4.78, 5) is 11.7. The van der Waals surface area contributed by atoms with Gasteiger partial charge < -0.3 is 19.5 Å². The first kappa shape index (κ1) is 14.2. The standard InChI is InChI=1S/C13H19NO4/c1-13(2,3)14-12(15)18-11-8-9(16-4)6-7-10(11)17-5/h6-8H,1-5H3,(H,14,15). The third-order valence-electron chi connectivity index (χ3n) is 2.05. The van der Waals surface area contributed by atoms with E-state index < -0.39 is 6.09 Å². The highest BCUT2D eigenvalue weighted by Crippen LogP contribution is 2.31. The number of amides is 1. The van der Waals surface area contributed by atoms with Gasteiger partial charge in [-0.3, -0.25) is 0 Å². The summed E-state index contributed by atoms with van der Waals surface area (Å²) in [5, 5.41) is 2.70. The maximum Gasteiger partial charge on any atom is 0.413 e. The number of ether oxygens (including phenoxy) is 3. The van der Waals surface area contributed by atoms with Gasteiger partial charge in [0.15, 0.2) is 11.5 Å². The average Bonchev–Trinajstić information content (AvgIpc) is 2.26. The Kier molecular flexibility index (Phi) is 4.42. The summed E-state index contributed by atoms with van der Waals surface area (Å²) in [7, 11) is 3.05. The van der Waals surface area contributed by atoms with Gasteiger partial charge in [-0.15, -0.1) is 0 Å². The molecule has 0 aliphatic carbocycles. The van der Waals surface area contributed by atoms with E-state index in [2.05, 4.69) is 5.32 Å². The smallest absolute Gasteiger partial charge is 0.413 e. The fourth-order valence-electron chi connectivity index (χ4n) is 1.30. The molecule has 0 unspecified atom stereocenters. The molecule has 1 aromatic rings. The normalized spacial score (nSPS) is 10.7. The zero-order valence-corrected chi connectivity index (χ0v) is 11.4. The maximum absolute atomic E-state index is 11.7. The van der Waals surface area contributed by atoms with E-state index in [1.54, 1.807) is 25.3 Å². The molecule has 0 aromatic heterocycles. The minimum absolute atomic E-state index is 0.318. The van der Waals surface area contributed by atoms with Crippen LogP contribution in [0.2, 0.25) is 0 Å².